The Labute approximate surface area is 174 Å². The second-order valence-electron chi connectivity index (χ2n) is 6.58. The minimum absolute atomic E-state index is 0.0343. The predicted molar refractivity (Wildman–Crippen MR) is 98.4 cm³/mol. The molecule has 4 aromatic rings. The first-order chi connectivity index (χ1) is 15.0. The Kier molecular flexibility index (Phi) is 4.90. The number of halogens is 6. The maximum Gasteiger partial charge on any atom is 0.433 e. The summed E-state index contributed by atoms with van der Waals surface area (Å²) in [5, 5.41) is 5.90. The summed E-state index contributed by atoms with van der Waals surface area (Å²) in [7, 11) is 1.11. The van der Waals surface area contributed by atoms with Gasteiger partial charge in [0.25, 0.3) is 5.91 Å². The number of carbonyl (C=O) groups is 1. The van der Waals surface area contributed by atoms with Crippen LogP contribution in [0.25, 0.3) is 22.4 Å². The van der Waals surface area contributed by atoms with Gasteiger partial charge in [0, 0.05) is 24.5 Å². The minimum atomic E-state index is -5.02. The molecule has 0 saturated carbocycles. The molecule has 7 nitrogen and oxygen atoms in total. The molecule has 0 aliphatic carbocycles. The smallest absolute Gasteiger partial charge is 0.433 e. The zero-order valence-corrected chi connectivity index (χ0v) is 15.9. The average molecular weight is 455 g/mol. The monoisotopic (exact) mass is 455 g/mol. The van der Waals surface area contributed by atoms with Crippen LogP contribution in [0.2, 0.25) is 0 Å². The van der Waals surface area contributed by atoms with E-state index in [1.54, 1.807) is 0 Å². The molecule has 0 atom stereocenters. The van der Waals surface area contributed by atoms with Crippen LogP contribution in [0, 0.1) is 0 Å². The van der Waals surface area contributed by atoms with Gasteiger partial charge in [-0.3, -0.25) is 14.5 Å². The number of rotatable bonds is 3. The zero-order chi connectivity index (χ0) is 23.3. The van der Waals surface area contributed by atoms with Gasteiger partial charge in [-0.15, -0.1) is 0 Å². The van der Waals surface area contributed by atoms with Crippen LogP contribution in [0.5, 0.6) is 0 Å². The van der Waals surface area contributed by atoms with Gasteiger partial charge in [-0.1, -0.05) is 6.07 Å². The Hall–Kier alpha value is -3.90. The lowest BCUT2D eigenvalue weighted by molar-refractivity contribution is -0.141. The van der Waals surface area contributed by atoms with E-state index in [0.717, 1.165) is 25.7 Å². The molecule has 0 radical (unpaired) electrons. The number of para-hydroxylation sites is 1. The summed E-state index contributed by atoms with van der Waals surface area (Å²) in [4.78, 5) is 19.7. The minimum Gasteiger partial charge on any atom is -0.443 e. The van der Waals surface area contributed by atoms with Gasteiger partial charge >= 0.3 is 12.4 Å². The van der Waals surface area contributed by atoms with Crippen LogP contribution in [0.1, 0.15) is 21.7 Å². The van der Waals surface area contributed by atoms with Gasteiger partial charge in [0.2, 0.25) is 0 Å². The number of carbonyl (C=O) groups excluding carboxylic acids is 1. The third-order valence-electron chi connectivity index (χ3n) is 4.47. The van der Waals surface area contributed by atoms with Crippen LogP contribution < -0.4 is 5.32 Å². The number of hydrogen-bond donors (Lipinski definition) is 1. The quantitative estimate of drug-likeness (QED) is 0.444. The highest BCUT2D eigenvalue weighted by Crippen LogP contribution is 2.41. The number of oxazole rings is 1. The van der Waals surface area contributed by atoms with E-state index in [1.807, 2.05) is 5.32 Å². The van der Waals surface area contributed by atoms with E-state index in [2.05, 4.69) is 15.1 Å². The highest BCUT2D eigenvalue weighted by Gasteiger charge is 2.43. The zero-order valence-electron chi connectivity index (χ0n) is 15.9. The molecular weight excluding hydrogens is 444 g/mol. The summed E-state index contributed by atoms with van der Waals surface area (Å²) in [6, 6.07) is 5.83. The van der Waals surface area contributed by atoms with E-state index in [1.165, 1.54) is 18.2 Å². The average Bonchev–Trinajstić information content (AvgIpc) is 3.31. The highest BCUT2D eigenvalue weighted by molar-refractivity contribution is 6.06. The normalized spacial score (nSPS) is 12.3. The largest absolute Gasteiger partial charge is 0.443 e. The molecule has 0 spiro atoms. The van der Waals surface area contributed by atoms with Crippen molar-refractivity contribution in [1.82, 2.24) is 19.7 Å². The summed E-state index contributed by atoms with van der Waals surface area (Å²) in [6.45, 7) is 0. The second-order valence-corrected chi connectivity index (χ2v) is 6.58. The number of aromatic nitrogens is 4. The lowest BCUT2D eigenvalue weighted by Crippen LogP contribution is -2.21. The van der Waals surface area contributed by atoms with Gasteiger partial charge in [0.15, 0.2) is 12.0 Å². The number of amides is 1. The Bertz CT molecular complexity index is 1320. The first-order valence-electron chi connectivity index (χ1n) is 8.78. The number of pyridine rings is 1. The Balaban J connectivity index is 1.82. The van der Waals surface area contributed by atoms with E-state index in [4.69, 9.17) is 4.42 Å². The predicted octanol–water partition coefficient (Wildman–Crippen LogP) is 4.91. The summed E-state index contributed by atoms with van der Waals surface area (Å²) in [6.07, 6.45) is -7.98. The molecular formula is C19H11F6N5O2. The van der Waals surface area contributed by atoms with Gasteiger partial charge in [-0.2, -0.15) is 31.4 Å². The van der Waals surface area contributed by atoms with Crippen LogP contribution in [0.15, 0.2) is 47.3 Å². The number of anilines is 1. The third-order valence-corrected chi connectivity index (χ3v) is 4.47. The lowest BCUT2D eigenvalue weighted by atomic mass is 10.0. The number of nitrogens with one attached hydrogen (secondary N) is 1. The number of benzene rings is 1. The van der Waals surface area contributed by atoms with E-state index < -0.39 is 40.9 Å². The molecule has 32 heavy (non-hydrogen) atoms. The molecule has 0 aliphatic heterocycles. The fraction of sp³-hybridized carbons (Fsp3) is 0.158. The molecule has 0 unspecified atom stereocenters. The van der Waals surface area contributed by atoms with Crippen LogP contribution in [-0.2, 0) is 19.4 Å². The Morgan fingerprint density at radius 1 is 1.06 bits per heavy atom. The molecule has 0 aliphatic rings. The highest BCUT2D eigenvalue weighted by atomic mass is 19.4. The van der Waals surface area contributed by atoms with Gasteiger partial charge in [0.1, 0.15) is 28.2 Å². The summed E-state index contributed by atoms with van der Waals surface area (Å²) in [5.74, 6) is -1.30. The van der Waals surface area contributed by atoms with E-state index in [-0.39, 0.29) is 22.4 Å². The topological polar surface area (TPSA) is 85.8 Å². The van der Waals surface area contributed by atoms with Gasteiger partial charge < -0.3 is 9.73 Å². The molecule has 13 heteroatoms. The Morgan fingerprint density at radius 2 is 1.81 bits per heavy atom. The van der Waals surface area contributed by atoms with E-state index >= 15 is 0 Å². The third kappa shape index (κ3) is 3.76. The van der Waals surface area contributed by atoms with Crippen LogP contribution in [0.4, 0.5) is 32.0 Å². The standard InChI is InChI=1S/C19H11F6N5O2/c1-30-15(17(31)28-9-5-6-26-12(7-9)18(20,21)22)13(19(23,24)25)14(29-30)10-3-2-4-11-16(10)32-8-27-11/h2-8H,1H3,(H,26,28,31). The van der Waals surface area contributed by atoms with Crippen molar-refractivity contribution in [3.8, 4) is 11.3 Å². The van der Waals surface area contributed by atoms with E-state index in [9.17, 15) is 31.1 Å². The molecule has 4 rings (SSSR count). The first kappa shape index (κ1) is 21.3. The molecule has 1 aromatic carbocycles. The molecule has 0 saturated heterocycles. The lowest BCUT2D eigenvalue weighted by Gasteiger charge is -2.12. The number of fused-ring (bicyclic) bond motifs is 1. The molecule has 0 bridgehead atoms. The fourth-order valence-corrected chi connectivity index (χ4v) is 3.17. The Morgan fingerprint density at radius 3 is 2.50 bits per heavy atom. The first-order valence-corrected chi connectivity index (χ1v) is 8.78. The second kappa shape index (κ2) is 7.35. The van der Waals surface area contributed by atoms with Crippen molar-refractivity contribution in [2.45, 2.75) is 12.4 Å². The van der Waals surface area contributed by atoms with Crippen molar-refractivity contribution in [2.75, 3.05) is 5.32 Å². The summed E-state index contributed by atoms with van der Waals surface area (Å²) < 4.78 is 86.5. The maximum absolute atomic E-state index is 14.0. The molecule has 0 fully saturated rings. The molecule has 3 heterocycles. The molecule has 1 amide bonds. The van der Waals surface area contributed by atoms with Gasteiger partial charge in [-0.25, -0.2) is 4.98 Å². The van der Waals surface area contributed by atoms with Crippen LogP contribution >= 0.6 is 0 Å². The summed E-state index contributed by atoms with van der Waals surface area (Å²) >= 11 is 0. The number of alkyl halides is 6. The van der Waals surface area contributed by atoms with Crippen LogP contribution in [-0.4, -0.2) is 25.7 Å². The van der Waals surface area contributed by atoms with Gasteiger partial charge in [0.05, 0.1) is 0 Å². The van der Waals surface area contributed by atoms with Crippen molar-refractivity contribution in [1.29, 1.82) is 0 Å². The molecule has 1 N–H and O–H groups in total. The number of nitrogens with zero attached hydrogens (tertiary/aromatic N) is 4. The van der Waals surface area contributed by atoms with Crippen molar-refractivity contribution in [3.63, 3.8) is 0 Å². The molecule has 166 valence electrons. The number of hydrogen-bond acceptors (Lipinski definition) is 5. The molecule has 3 aromatic heterocycles. The number of aryl methyl sites for hydroxylation is 1. The fourth-order valence-electron chi connectivity index (χ4n) is 3.17. The summed E-state index contributed by atoms with van der Waals surface area (Å²) in [5.41, 5.74) is -4.28. The van der Waals surface area contributed by atoms with Gasteiger partial charge in [-0.05, 0) is 24.3 Å². The van der Waals surface area contributed by atoms with E-state index in [0.29, 0.717) is 10.7 Å². The van der Waals surface area contributed by atoms with Crippen molar-refractivity contribution in [3.05, 3.63) is 59.9 Å². The van der Waals surface area contributed by atoms with Crippen molar-refractivity contribution >= 4 is 22.7 Å². The van der Waals surface area contributed by atoms with Crippen molar-refractivity contribution in [2.24, 2.45) is 7.05 Å². The SMILES string of the molecule is Cn1nc(-c2cccc3ncoc23)c(C(F)(F)F)c1C(=O)Nc1ccnc(C(F)(F)F)c1. The van der Waals surface area contributed by atoms with Crippen LogP contribution in [0.3, 0.4) is 0 Å². The van der Waals surface area contributed by atoms with Crippen molar-refractivity contribution < 1.29 is 35.6 Å². The maximum atomic E-state index is 14.0.